The molecule has 0 spiro atoms. The van der Waals surface area contributed by atoms with Crippen molar-refractivity contribution in [1.29, 1.82) is 0 Å². The normalized spacial score (nSPS) is 10.4. The van der Waals surface area contributed by atoms with Crippen LogP contribution in [0.25, 0.3) is 0 Å². The third kappa shape index (κ3) is 27.9. The highest BCUT2D eigenvalue weighted by Gasteiger charge is 1.89. The summed E-state index contributed by atoms with van der Waals surface area (Å²) in [6.45, 7) is 7.71. The zero-order valence-electron chi connectivity index (χ0n) is 13.8. The molecule has 0 amide bonds. The first kappa shape index (κ1) is 23.9. The first-order chi connectivity index (χ1) is 10.8. The molecule has 0 unspecified atom stereocenters. The van der Waals surface area contributed by atoms with E-state index in [4.69, 9.17) is 41.9 Å². The third-order valence-electron chi connectivity index (χ3n) is 2.25. The number of ether oxygens (including phenoxy) is 4. The Morgan fingerprint density at radius 2 is 0.682 bits per heavy atom. The SMILES string of the molecule is NCCCOCCOCCCN.NCCOCCOCCN. The van der Waals surface area contributed by atoms with Crippen LogP contribution in [0.1, 0.15) is 12.8 Å². The fraction of sp³-hybridized carbons (Fsp3) is 1.00. The molecular weight excluding hydrogens is 288 g/mol. The zero-order valence-corrected chi connectivity index (χ0v) is 13.8. The predicted molar refractivity (Wildman–Crippen MR) is 88.7 cm³/mol. The number of nitrogens with two attached hydrogens (primary N) is 4. The summed E-state index contributed by atoms with van der Waals surface area (Å²) in [5.41, 5.74) is 20.9. The maximum atomic E-state index is 5.28. The molecule has 0 aliphatic rings. The van der Waals surface area contributed by atoms with Crippen LogP contribution >= 0.6 is 0 Å². The summed E-state index contributed by atoms with van der Waals surface area (Å²) in [5.74, 6) is 0. The first-order valence-electron chi connectivity index (χ1n) is 7.94. The van der Waals surface area contributed by atoms with Crippen LogP contribution in [0.2, 0.25) is 0 Å². The van der Waals surface area contributed by atoms with Crippen LogP contribution in [-0.2, 0) is 18.9 Å². The Morgan fingerprint density at radius 1 is 0.364 bits per heavy atom. The second kappa shape index (κ2) is 25.6. The van der Waals surface area contributed by atoms with E-state index in [2.05, 4.69) is 0 Å². The Kier molecular flexibility index (Phi) is 27.9. The van der Waals surface area contributed by atoms with Crippen LogP contribution in [0.3, 0.4) is 0 Å². The van der Waals surface area contributed by atoms with Crippen molar-refractivity contribution in [2.45, 2.75) is 12.8 Å². The van der Waals surface area contributed by atoms with E-state index in [0.29, 0.717) is 65.8 Å². The van der Waals surface area contributed by atoms with Crippen molar-refractivity contribution < 1.29 is 18.9 Å². The molecule has 8 N–H and O–H groups in total. The molecule has 0 rings (SSSR count). The number of hydrogen-bond acceptors (Lipinski definition) is 8. The van der Waals surface area contributed by atoms with Crippen LogP contribution in [-0.4, -0.2) is 79.0 Å². The van der Waals surface area contributed by atoms with E-state index in [1.165, 1.54) is 0 Å². The molecule has 8 heteroatoms. The summed E-state index contributed by atoms with van der Waals surface area (Å²) in [7, 11) is 0. The van der Waals surface area contributed by atoms with Gasteiger partial charge in [0.1, 0.15) is 0 Å². The molecule has 0 aromatic heterocycles. The van der Waals surface area contributed by atoms with Gasteiger partial charge >= 0.3 is 0 Å². The summed E-state index contributed by atoms with van der Waals surface area (Å²) in [4.78, 5) is 0. The van der Waals surface area contributed by atoms with Crippen LogP contribution in [0.4, 0.5) is 0 Å². The molecule has 0 heterocycles. The molecule has 0 saturated carbocycles. The van der Waals surface area contributed by atoms with E-state index in [1.807, 2.05) is 0 Å². The first-order valence-corrected chi connectivity index (χ1v) is 7.94. The molecule has 0 aromatic rings. The molecule has 0 aromatic carbocycles. The predicted octanol–water partition coefficient (Wildman–Crippen LogP) is -1.35. The minimum absolute atomic E-state index is 0.566. The smallest absolute Gasteiger partial charge is 0.0701 e. The van der Waals surface area contributed by atoms with Crippen LogP contribution in [0.15, 0.2) is 0 Å². The van der Waals surface area contributed by atoms with Crippen molar-refractivity contribution in [2.24, 2.45) is 22.9 Å². The Bertz CT molecular complexity index is 161. The Labute approximate surface area is 134 Å². The van der Waals surface area contributed by atoms with E-state index in [-0.39, 0.29) is 0 Å². The highest BCUT2D eigenvalue weighted by molar-refractivity contribution is 4.38. The fourth-order valence-electron chi connectivity index (χ4n) is 1.18. The fourth-order valence-corrected chi connectivity index (χ4v) is 1.18. The summed E-state index contributed by atoms with van der Waals surface area (Å²) in [6.07, 6.45) is 1.84. The van der Waals surface area contributed by atoms with Crippen LogP contribution in [0, 0.1) is 0 Å². The molecule has 0 aliphatic heterocycles. The van der Waals surface area contributed by atoms with Crippen LogP contribution in [0.5, 0.6) is 0 Å². The lowest BCUT2D eigenvalue weighted by atomic mass is 10.5. The van der Waals surface area contributed by atoms with Crippen molar-refractivity contribution in [3.05, 3.63) is 0 Å². The van der Waals surface area contributed by atoms with Gasteiger partial charge in [0, 0.05) is 26.3 Å². The van der Waals surface area contributed by atoms with Gasteiger partial charge in [-0.3, -0.25) is 0 Å². The maximum Gasteiger partial charge on any atom is 0.0701 e. The van der Waals surface area contributed by atoms with Gasteiger partial charge in [-0.15, -0.1) is 0 Å². The monoisotopic (exact) mass is 324 g/mol. The molecule has 0 aliphatic carbocycles. The van der Waals surface area contributed by atoms with Gasteiger partial charge in [0.05, 0.1) is 39.6 Å². The van der Waals surface area contributed by atoms with Crippen molar-refractivity contribution >= 4 is 0 Å². The summed E-state index contributed by atoms with van der Waals surface area (Å²) in [6, 6.07) is 0. The van der Waals surface area contributed by atoms with E-state index >= 15 is 0 Å². The highest BCUT2D eigenvalue weighted by Crippen LogP contribution is 1.83. The second-order valence-electron chi connectivity index (χ2n) is 4.31. The van der Waals surface area contributed by atoms with Crippen molar-refractivity contribution in [2.75, 3.05) is 79.0 Å². The standard InChI is InChI=1S/C8H20N2O2.C6H16N2O2/c9-3-1-5-11-7-8-12-6-2-4-10;7-1-3-9-5-6-10-4-2-8/h1-10H2;1-8H2. The van der Waals surface area contributed by atoms with Crippen molar-refractivity contribution in [3.8, 4) is 0 Å². The quantitative estimate of drug-likeness (QED) is 0.255. The highest BCUT2D eigenvalue weighted by atomic mass is 16.5. The van der Waals surface area contributed by atoms with Gasteiger partial charge in [-0.05, 0) is 25.9 Å². The molecular formula is C14H36N4O4. The number of rotatable bonds is 16. The molecule has 0 radical (unpaired) electrons. The lowest BCUT2D eigenvalue weighted by Gasteiger charge is -2.03. The van der Waals surface area contributed by atoms with Gasteiger partial charge in [0.15, 0.2) is 0 Å². The lowest BCUT2D eigenvalue weighted by Crippen LogP contribution is -2.14. The Balaban J connectivity index is 0. The topological polar surface area (TPSA) is 141 Å². The van der Waals surface area contributed by atoms with Gasteiger partial charge < -0.3 is 41.9 Å². The van der Waals surface area contributed by atoms with Gasteiger partial charge in [-0.2, -0.15) is 0 Å². The van der Waals surface area contributed by atoms with Crippen LogP contribution < -0.4 is 22.9 Å². The molecule has 8 nitrogen and oxygen atoms in total. The lowest BCUT2D eigenvalue weighted by molar-refractivity contribution is 0.0471. The zero-order chi connectivity index (χ0) is 16.7. The van der Waals surface area contributed by atoms with Gasteiger partial charge in [0.2, 0.25) is 0 Å². The summed E-state index contributed by atoms with van der Waals surface area (Å²) in [5, 5.41) is 0. The minimum atomic E-state index is 0.566. The van der Waals surface area contributed by atoms with E-state index in [9.17, 15) is 0 Å². The van der Waals surface area contributed by atoms with E-state index in [0.717, 1.165) is 26.1 Å². The molecule has 0 fully saturated rings. The average Bonchev–Trinajstić information content (AvgIpc) is 2.54. The van der Waals surface area contributed by atoms with Gasteiger partial charge in [-0.25, -0.2) is 0 Å². The molecule has 0 saturated heterocycles. The number of hydrogen-bond donors (Lipinski definition) is 4. The Hall–Kier alpha value is -0.320. The second-order valence-corrected chi connectivity index (χ2v) is 4.31. The maximum absolute atomic E-state index is 5.28. The largest absolute Gasteiger partial charge is 0.379 e. The minimum Gasteiger partial charge on any atom is -0.379 e. The third-order valence-corrected chi connectivity index (χ3v) is 2.25. The Morgan fingerprint density at radius 3 is 0.955 bits per heavy atom. The van der Waals surface area contributed by atoms with Gasteiger partial charge in [0.25, 0.3) is 0 Å². The van der Waals surface area contributed by atoms with E-state index < -0.39 is 0 Å². The van der Waals surface area contributed by atoms with Crippen molar-refractivity contribution in [1.82, 2.24) is 0 Å². The van der Waals surface area contributed by atoms with E-state index in [1.54, 1.807) is 0 Å². The molecule has 136 valence electrons. The molecule has 0 atom stereocenters. The average molecular weight is 324 g/mol. The molecule has 22 heavy (non-hydrogen) atoms. The molecule has 0 bridgehead atoms. The summed E-state index contributed by atoms with van der Waals surface area (Å²) < 4.78 is 20.5. The van der Waals surface area contributed by atoms with Gasteiger partial charge in [-0.1, -0.05) is 0 Å². The van der Waals surface area contributed by atoms with Crippen molar-refractivity contribution in [3.63, 3.8) is 0 Å². The summed E-state index contributed by atoms with van der Waals surface area (Å²) >= 11 is 0.